The maximum atomic E-state index is 11.0. The summed E-state index contributed by atoms with van der Waals surface area (Å²) < 4.78 is 7.04. The molecule has 0 unspecified atom stereocenters. The lowest BCUT2D eigenvalue weighted by Crippen LogP contribution is -2.03. The maximum absolute atomic E-state index is 11.0. The number of hydrogen-bond acceptors (Lipinski definition) is 3. The number of carboxylic acid groups (broad SMARTS) is 1. The molecule has 0 aliphatic heterocycles. The van der Waals surface area contributed by atoms with E-state index in [1.54, 1.807) is 18.2 Å². The van der Waals surface area contributed by atoms with Gasteiger partial charge < -0.3 is 15.2 Å². The van der Waals surface area contributed by atoms with Crippen molar-refractivity contribution in [2.75, 3.05) is 11.9 Å². The van der Waals surface area contributed by atoms with Gasteiger partial charge in [0.15, 0.2) is 0 Å². The molecule has 0 bridgehead atoms. The highest BCUT2D eigenvalue weighted by atomic mass is 79.9. The zero-order chi connectivity index (χ0) is 16.8. The molecule has 0 spiro atoms. The van der Waals surface area contributed by atoms with E-state index in [4.69, 9.17) is 16.3 Å². The second-order valence-corrected chi connectivity index (χ2v) is 6.33. The van der Waals surface area contributed by atoms with Gasteiger partial charge in [-0.3, -0.25) is 0 Å². The second kappa shape index (κ2) is 8.04. The van der Waals surface area contributed by atoms with Crippen LogP contribution in [0.25, 0.3) is 0 Å². The van der Waals surface area contributed by atoms with Gasteiger partial charge in [-0.15, -0.1) is 6.42 Å². The number of hydrogen-bond donors (Lipinski definition) is 2. The Balaban J connectivity index is 2.11. The van der Waals surface area contributed by atoms with E-state index < -0.39 is 5.97 Å². The Morgan fingerprint density at radius 1 is 1.26 bits per heavy atom. The Kier molecular flexibility index (Phi) is 6.08. The van der Waals surface area contributed by atoms with Crippen LogP contribution in [0.1, 0.15) is 15.9 Å². The third-order valence-corrected chi connectivity index (χ3v) is 4.14. The zero-order valence-electron chi connectivity index (χ0n) is 12.0. The molecular formula is C17H13Br2NO3. The van der Waals surface area contributed by atoms with Gasteiger partial charge in [0, 0.05) is 12.2 Å². The van der Waals surface area contributed by atoms with Crippen molar-refractivity contribution in [2.24, 2.45) is 0 Å². The van der Waals surface area contributed by atoms with Gasteiger partial charge in [-0.2, -0.15) is 0 Å². The van der Waals surface area contributed by atoms with E-state index in [1.807, 2.05) is 18.2 Å². The van der Waals surface area contributed by atoms with Gasteiger partial charge in [-0.1, -0.05) is 12.0 Å². The van der Waals surface area contributed by atoms with E-state index in [-0.39, 0.29) is 12.2 Å². The van der Waals surface area contributed by atoms with E-state index in [0.29, 0.717) is 12.3 Å². The van der Waals surface area contributed by atoms with Crippen molar-refractivity contribution in [1.29, 1.82) is 0 Å². The molecular weight excluding hydrogens is 426 g/mol. The number of ether oxygens (including phenoxy) is 1. The topological polar surface area (TPSA) is 58.6 Å². The van der Waals surface area contributed by atoms with Crippen LogP contribution in [0, 0.1) is 12.3 Å². The molecule has 118 valence electrons. The Morgan fingerprint density at radius 2 is 1.96 bits per heavy atom. The summed E-state index contributed by atoms with van der Waals surface area (Å²) in [5, 5.41) is 12.2. The Morgan fingerprint density at radius 3 is 2.57 bits per heavy atom. The summed E-state index contributed by atoms with van der Waals surface area (Å²) in [6.07, 6.45) is 5.19. The molecule has 2 N–H and O–H groups in total. The fourth-order valence-electron chi connectivity index (χ4n) is 1.93. The number of carbonyl (C=O) groups is 1. The molecule has 23 heavy (non-hydrogen) atoms. The molecule has 0 amide bonds. The summed E-state index contributed by atoms with van der Waals surface area (Å²) >= 11 is 6.91. The lowest BCUT2D eigenvalue weighted by molar-refractivity contribution is 0.0697. The number of benzene rings is 2. The zero-order valence-corrected chi connectivity index (χ0v) is 15.1. The third-order valence-electron chi connectivity index (χ3n) is 2.96. The summed E-state index contributed by atoms with van der Waals surface area (Å²) in [6.45, 7) is 0.729. The fraction of sp³-hybridized carbons (Fsp3) is 0.118. The van der Waals surface area contributed by atoms with Gasteiger partial charge in [0.1, 0.15) is 12.4 Å². The highest BCUT2D eigenvalue weighted by Gasteiger charge is 2.09. The highest BCUT2D eigenvalue weighted by Crippen LogP contribution is 2.35. The fourth-order valence-corrected chi connectivity index (χ4v) is 3.44. The monoisotopic (exact) mass is 437 g/mol. The first-order valence-electron chi connectivity index (χ1n) is 6.62. The SMILES string of the molecule is C#CCOc1c(Br)cc(CNc2cccc(C(=O)O)c2)cc1Br. The standard InChI is InChI=1S/C17H13Br2NO3/c1-2-6-23-16-14(18)7-11(8-15(16)19)10-20-13-5-3-4-12(9-13)17(21)22/h1,3-5,7-9,20H,6,10H2,(H,21,22). The normalized spacial score (nSPS) is 9.96. The van der Waals surface area contributed by atoms with Crippen molar-refractivity contribution in [1.82, 2.24) is 0 Å². The number of anilines is 1. The van der Waals surface area contributed by atoms with Crippen LogP contribution in [0.5, 0.6) is 5.75 Å². The summed E-state index contributed by atoms with van der Waals surface area (Å²) in [5.41, 5.74) is 1.98. The largest absolute Gasteiger partial charge is 0.479 e. The first kappa shape index (κ1) is 17.4. The molecule has 0 saturated carbocycles. The second-order valence-electron chi connectivity index (χ2n) is 4.62. The van der Waals surface area contributed by atoms with Gasteiger partial charge >= 0.3 is 5.97 Å². The Hall–Kier alpha value is -1.97. The quantitative estimate of drug-likeness (QED) is 0.650. The third kappa shape index (κ3) is 4.75. The number of terminal acetylenes is 1. The number of nitrogens with one attached hydrogen (secondary N) is 1. The predicted molar refractivity (Wildman–Crippen MR) is 96.9 cm³/mol. The van der Waals surface area contributed by atoms with Crippen molar-refractivity contribution in [3.63, 3.8) is 0 Å². The summed E-state index contributed by atoms with van der Waals surface area (Å²) in [6, 6.07) is 10.5. The molecule has 0 aliphatic carbocycles. The van der Waals surface area contributed by atoms with Gasteiger partial charge in [0.2, 0.25) is 0 Å². The average Bonchev–Trinajstić information content (AvgIpc) is 2.52. The first-order valence-corrected chi connectivity index (χ1v) is 8.21. The van der Waals surface area contributed by atoms with Crippen LogP contribution in [0.4, 0.5) is 5.69 Å². The van der Waals surface area contributed by atoms with E-state index in [1.165, 1.54) is 0 Å². The smallest absolute Gasteiger partial charge is 0.335 e. The summed E-state index contributed by atoms with van der Waals surface area (Å²) in [7, 11) is 0. The van der Waals surface area contributed by atoms with Crippen molar-refractivity contribution in [2.45, 2.75) is 6.54 Å². The van der Waals surface area contributed by atoms with Crippen molar-refractivity contribution in [3.05, 3.63) is 56.5 Å². The van der Waals surface area contributed by atoms with E-state index in [2.05, 4.69) is 43.1 Å². The molecule has 0 atom stereocenters. The van der Waals surface area contributed by atoms with Crippen LogP contribution in [-0.2, 0) is 6.54 Å². The van der Waals surface area contributed by atoms with Crippen molar-refractivity contribution < 1.29 is 14.6 Å². The van der Waals surface area contributed by atoms with Crippen molar-refractivity contribution in [3.8, 4) is 18.1 Å². The van der Waals surface area contributed by atoms with E-state index in [0.717, 1.165) is 20.2 Å². The molecule has 0 aliphatic rings. The van der Waals surface area contributed by atoms with Crippen LogP contribution >= 0.6 is 31.9 Å². The Labute approximate surface area is 151 Å². The molecule has 6 heteroatoms. The minimum atomic E-state index is -0.950. The van der Waals surface area contributed by atoms with Gasteiger partial charge in [0.05, 0.1) is 14.5 Å². The van der Waals surface area contributed by atoms with Crippen LogP contribution in [0.15, 0.2) is 45.3 Å². The van der Waals surface area contributed by atoms with Gasteiger partial charge in [-0.25, -0.2) is 4.79 Å². The minimum Gasteiger partial charge on any atom is -0.479 e. The molecule has 0 heterocycles. The van der Waals surface area contributed by atoms with E-state index >= 15 is 0 Å². The lowest BCUT2D eigenvalue weighted by atomic mass is 10.2. The van der Waals surface area contributed by atoms with Crippen LogP contribution in [0.3, 0.4) is 0 Å². The number of carboxylic acids is 1. The molecule has 4 nitrogen and oxygen atoms in total. The summed E-state index contributed by atoms with van der Waals surface area (Å²) in [5.74, 6) is 2.12. The number of halogens is 2. The van der Waals surface area contributed by atoms with Crippen LogP contribution < -0.4 is 10.1 Å². The minimum absolute atomic E-state index is 0.191. The lowest BCUT2D eigenvalue weighted by Gasteiger charge is -2.12. The Bertz CT molecular complexity index is 746. The molecule has 0 saturated heterocycles. The first-order chi connectivity index (χ1) is 11.0. The molecule has 2 rings (SSSR count). The average molecular weight is 439 g/mol. The highest BCUT2D eigenvalue weighted by molar-refractivity contribution is 9.11. The molecule has 2 aromatic carbocycles. The molecule has 0 radical (unpaired) electrons. The molecule has 0 fully saturated rings. The van der Waals surface area contributed by atoms with Gasteiger partial charge in [-0.05, 0) is 67.8 Å². The summed E-state index contributed by atoms with van der Waals surface area (Å²) in [4.78, 5) is 11.0. The van der Waals surface area contributed by atoms with Gasteiger partial charge in [0.25, 0.3) is 0 Å². The molecule has 0 aromatic heterocycles. The van der Waals surface area contributed by atoms with Crippen molar-refractivity contribution >= 4 is 43.5 Å². The van der Waals surface area contributed by atoms with Crippen LogP contribution in [0.2, 0.25) is 0 Å². The number of aromatic carboxylic acids is 1. The molecule has 2 aromatic rings. The predicted octanol–water partition coefficient (Wildman–Crippen LogP) is 4.53. The van der Waals surface area contributed by atoms with E-state index in [9.17, 15) is 4.79 Å². The number of rotatable bonds is 6. The maximum Gasteiger partial charge on any atom is 0.335 e. The van der Waals surface area contributed by atoms with Crippen LogP contribution in [-0.4, -0.2) is 17.7 Å².